The molecule has 0 spiro atoms. The number of hydrogen-bond acceptors (Lipinski definition) is 3. The van der Waals surface area contributed by atoms with E-state index < -0.39 is 0 Å². The third-order valence-corrected chi connectivity index (χ3v) is 5.51. The molecule has 1 heterocycles. The minimum atomic E-state index is 0.0373. The molecule has 1 N–H and O–H groups in total. The first-order valence-corrected chi connectivity index (χ1v) is 8.30. The normalized spacial score (nSPS) is 12.5. The summed E-state index contributed by atoms with van der Waals surface area (Å²) < 4.78 is 7.35. The summed E-state index contributed by atoms with van der Waals surface area (Å²) in [5.41, 5.74) is 2.18. The summed E-state index contributed by atoms with van der Waals surface area (Å²) in [5.74, 6) is 0.758. The molecular weight excluding hydrogens is 413 g/mol. The van der Waals surface area contributed by atoms with Crippen LogP contribution in [0.1, 0.15) is 17.2 Å². The first-order chi connectivity index (χ1) is 9.06. The zero-order valence-corrected chi connectivity index (χ0v) is 15.1. The van der Waals surface area contributed by atoms with Crippen LogP contribution in [0.2, 0.25) is 5.02 Å². The molecular formula is C13H12Br2ClNOS. The lowest BCUT2D eigenvalue weighted by molar-refractivity contribution is 0.414. The molecule has 0 aliphatic heterocycles. The second-order valence-corrected chi connectivity index (χ2v) is 8.05. The fourth-order valence-corrected chi connectivity index (χ4v) is 5.08. The fraction of sp³-hybridized carbons (Fsp3) is 0.231. The van der Waals surface area contributed by atoms with Gasteiger partial charge in [0.2, 0.25) is 0 Å². The van der Waals surface area contributed by atoms with Crippen LogP contribution in [0.25, 0.3) is 0 Å². The van der Waals surface area contributed by atoms with Gasteiger partial charge in [0.1, 0.15) is 5.75 Å². The zero-order chi connectivity index (χ0) is 14.0. The Morgan fingerprint density at radius 2 is 2.00 bits per heavy atom. The molecule has 2 rings (SSSR count). The molecule has 2 nitrogen and oxygen atoms in total. The number of halogens is 3. The van der Waals surface area contributed by atoms with E-state index in [9.17, 15) is 0 Å². The van der Waals surface area contributed by atoms with Crippen LogP contribution in [0.4, 0.5) is 0 Å². The first-order valence-electron chi connectivity index (χ1n) is 5.52. The van der Waals surface area contributed by atoms with Gasteiger partial charge in [-0.15, -0.1) is 11.3 Å². The maximum atomic E-state index is 6.35. The second-order valence-electron chi connectivity index (χ2n) is 3.89. The van der Waals surface area contributed by atoms with E-state index in [0.717, 1.165) is 24.4 Å². The fourth-order valence-electron chi connectivity index (χ4n) is 1.90. The van der Waals surface area contributed by atoms with Gasteiger partial charge in [0.15, 0.2) is 0 Å². The number of hydrogen-bond donors (Lipinski definition) is 1. The Hall–Kier alpha value is -0.0700. The lowest BCUT2D eigenvalue weighted by atomic mass is 10.0. The summed E-state index contributed by atoms with van der Waals surface area (Å²) in [7, 11) is 3.55. The molecule has 0 fully saturated rings. The SMILES string of the molecule is CNC(c1ccc(OC)cc1Cl)c1cc(Br)sc1Br. The average Bonchev–Trinajstić information content (AvgIpc) is 2.71. The Morgan fingerprint density at radius 1 is 1.26 bits per heavy atom. The number of thiophene rings is 1. The molecule has 1 atom stereocenters. The number of methoxy groups -OCH3 is 1. The van der Waals surface area contributed by atoms with Gasteiger partial charge in [-0.2, -0.15) is 0 Å². The topological polar surface area (TPSA) is 21.3 Å². The maximum Gasteiger partial charge on any atom is 0.120 e. The van der Waals surface area contributed by atoms with E-state index in [0.29, 0.717) is 5.02 Å². The maximum absolute atomic E-state index is 6.35. The van der Waals surface area contributed by atoms with Crippen LogP contribution >= 0.6 is 54.8 Å². The molecule has 0 amide bonds. The summed E-state index contributed by atoms with van der Waals surface area (Å²) in [6.07, 6.45) is 0. The van der Waals surface area contributed by atoms with Gasteiger partial charge in [-0.1, -0.05) is 17.7 Å². The third kappa shape index (κ3) is 3.34. The lowest BCUT2D eigenvalue weighted by Gasteiger charge is -2.18. The highest BCUT2D eigenvalue weighted by Crippen LogP contribution is 2.39. The van der Waals surface area contributed by atoms with Gasteiger partial charge in [0.25, 0.3) is 0 Å². The average molecular weight is 426 g/mol. The molecule has 0 aliphatic rings. The van der Waals surface area contributed by atoms with Crippen molar-refractivity contribution in [1.82, 2.24) is 5.32 Å². The van der Waals surface area contributed by atoms with Crippen LogP contribution in [0.5, 0.6) is 5.75 Å². The highest BCUT2D eigenvalue weighted by atomic mass is 79.9. The van der Waals surface area contributed by atoms with E-state index in [1.807, 2.05) is 25.2 Å². The van der Waals surface area contributed by atoms with Gasteiger partial charge in [-0.05, 0) is 68.2 Å². The Bertz CT molecular complexity index is 588. The summed E-state index contributed by atoms with van der Waals surface area (Å²) in [5, 5.41) is 3.99. The quantitative estimate of drug-likeness (QED) is 0.723. The molecule has 0 saturated heterocycles. The largest absolute Gasteiger partial charge is 0.497 e. The molecule has 19 heavy (non-hydrogen) atoms. The highest BCUT2D eigenvalue weighted by molar-refractivity contribution is 9.12. The minimum Gasteiger partial charge on any atom is -0.497 e. The van der Waals surface area contributed by atoms with Crippen LogP contribution in [-0.2, 0) is 0 Å². The molecule has 1 aromatic heterocycles. The van der Waals surface area contributed by atoms with Crippen molar-refractivity contribution in [1.29, 1.82) is 0 Å². The standard InChI is InChI=1S/C13H12Br2ClNOS/c1-17-12(9-6-11(14)19-13(9)15)8-4-3-7(18-2)5-10(8)16/h3-6,12,17H,1-2H3. The number of rotatable bonds is 4. The molecule has 0 bridgehead atoms. The number of benzene rings is 1. The van der Waals surface area contributed by atoms with Crippen molar-refractivity contribution < 1.29 is 4.74 Å². The van der Waals surface area contributed by atoms with Gasteiger partial charge in [0, 0.05) is 5.02 Å². The van der Waals surface area contributed by atoms with Crippen molar-refractivity contribution in [2.45, 2.75) is 6.04 Å². The number of nitrogens with one attached hydrogen (secondary N) is 1. The predicted molar refractivity (Wildman–Crippen MR) is 88.6 cm³/mol. The van der Waals surface area contributed by atoms with Crippen molar-refractivity contribution >= 4 is 54.8 Å². The second kappa shape index (κ2) is 6.59. The van der Waals surface area contributed by atoms with Crippen LogP contribution < -0.4 is 10.1 Å². The Morgan fingerprint density at radius 3 is 2.47 bits per heavy atom. The Kier molecular flexibility index (Phi) is 5.31. The van der Waals surface area contributed by atoms with Crippen LogP contribution in [0.15, 0.2) is 31.8 Å². The Labute approximate surface area is 138 Å². The monoisotopic (exact) mass is 423 g/mol. The van der Waals surface area contributed by atoms with E-state index in [1.54, 1.807) is 18.4 Å². The summed E-state index contributed by atoms with van der Waals surface area (Å²) >= 11 is 15.1. The van der Waals surface area contributed by atoms with Gasteiger partial charge in [-0.3, -0.25) is 0 Å². The van der Waals surface area contributed by atoms with E-state index in [4.69, 9.17) is 16.3 Å². The molecule has 1 aromatic carbocycles. The first kappa shape index (κ1) is 15.3. The lowest BCUT2D eigenvalue weighted by Crippen LogP contribution is -2.17. The van der Waals surface area contributed by atoms with Gasteiger partial charge >= 0.3 is 0 Å². The Balaban J connectivity index is 2.45. The molecule has 2 aromatic rings. The summed E-state index contributed by atoms with van der Waals surface area (Å²) in [6, 6.07) is 7.86. The smallest absolute Gasteiger partial charge is 0.120 e. The zero-order valence-electron chi connectivity index (χ0n) is 10.3. The van der Waals surface area contributed by atoms with Crippen molar-refractivity contribution in [3.63, 3.8) is 0 Å². The number of ether oxygens (including phenoxy) is 1. The molecule has 6 heteroatoms. The summed E-state index contributed by atoms with van der Waals surface area (Å²) in [4.78, 5) is 0. The van der Waals surface area contributed by atoms with E-state index in [2.05, 4.69) is 43.2 Å². The van der Waals surface area contributed by atoms with Crippen LogP contribution in [0.3, 0.4) is 0 Å². The van der Waals surface area contributed by atoms with E-state index >= 15 is 0 Å². The molecule has 0 radical (unpaired) electrons. The third-order valence-electron chi connectivity index (χ3n) is 2.80. The van der Waals surface area contributed by atoms with E-state index in [-0.39, 0.29) is 6.04 Å². The van der Waals surface area contributed by atoms with Gasteiger partial charge < -0.3 is 10.1 Å². The molecule has 0 saturated carbocycles. The van der Waals surface area contributed by atoms with E-state index in [1.165, 1.54) is 0 Å². The van der Waals surface area contributed by atoms with Crippen LogP contribution in [-0.4, -0.2) is 14.2 Å². The van der Waals surface area contributed by atoms with Gasteiger partial charge in [-0.25, -0.2) is 0 Å². The summed E-state index contributed by atoms with van der Waals surface area (Å²) in [6.45, 7) is 0. The van der Waals surface area contributed by atoms with Crippen LogP contribution in [0, 0.1) is 0 Å². The molecule has 1 unspecified atom stereocenters. The van der Waals surface area contributed by atoms with Crippen molar-refractivity contribution in [2.24, 2.45) is 0 Å². The van der Waals surface area contributed by atoms with Gasteiger partial charge in [0.05, 0.1) is 20.7 Å². The van der Waals surface area contributed by atoms with Crippen molar-refractivity contribution in [3.05, 3.63) is 48.0 Å². The van der Waals surface area contributed by atoms with Crippen molar-refractivity contribution in [3.8, 4) is 5.75 Å². The minimum absolute atomic E-state index is 0.0373. The van der Waals surface area contributed by atoms with Crippen molar-refractivity contribution in [2.75, 3.05) is 14.2 Å². The highest BCUT2D eigenvalue weighted by Gasteiger charge is 2.20. The predicted octanol–water partition coefficient (Wildman–Crippen LogP) is 5.24. The molecule has 102 valence electrons. The molecule has 0 aliphatic carbocycles.